The highest BCUT2D eigenvalue weighted by Gasteiger charge is 2.09. The average Bonchev–Trinajstić information content (AvgIpc) is 2.36. The molecule has 0 fully saturated rings. The first-order valence-corrected chi connectivity index (χ1v) is 6.98. The summed E-state index contributed by atoms with van der Waals surface area (Å²) in [5.74, 6) is 1.56. The Bertz CT molecular complexity index is 377. The van der Waals surface area contributed by atoms with Crippen LogP contribution in [0.5, 0.6) is 5.75 Å². The van der Waals surface area contributed by atoms with Crippen LogP contribution in [-0.2, 0) is 17.9 Å². The Morgan fingerprint density at radius 3 is 2.53 bits per heavy atom. The number of benzene rings is 1. The van der Waals surface area contributed by atoms with Crippen LogP contribution in [0.2, 0.25) is 0 Å². The lowest BCUT2D eigenvalue weighted by Crippen LogP contribution is -2.12. The summed E-state index contributed by atoms with van der Waals surface area (Å²) in [4.78, 5) is 0. The maximum absolute atomic E-state index is 5.91. The number of hydrogen-bond acceptors (Lipinski definition) is 3. The van der Waals surface area contributed by atoms with E-state index in [-0.39, 0.29) is 6.10 Å². The van der Waals surface area contributed by atoms with E-state index in [4.69, 9.17) is 9.47 Å². The van der Waals surface area contributed by atoms with E-state index in [0.29, 0.717) is 12.5 Å². The molecule has 0 aliphatic heterocycles. The fourth-order valence-corrected chi connectivity index (χ4v) is 2.22. The Morgan fingerprint density at radius 1 is 1.21 bits per heavy atom. The molecule has 0 saturated heterocycles. The van der Waals surface area contributed by atoms with E-state index in [0.717, 1.165) is 24.3 Å². The van der Waals surface area contributed by atoms with Gasteiger partial charge in [-0.3, -0.25) is 0 Å². The lowest BCUT2D eigenvalue weighted by molar-refractivity contribution is 0.0387. The van der Waals surface area contributed by atoms with Gasteiger partial charge in [0, 0.05) is 12.1 Å². The van der Waals surface area contributed by atoms with Gasteiger partial charge >= 0.3 is 0 Å². The van der Waals surface area contributed by atoms with Gasteiger partial charge in [0.25, 0.3) is 0 Å². The molecular formula is C16H27NO2. The Morgan fingerprint density at radius 2 is 1.95 bits per heavy atom. The standard InChI is InChI=1S/C16H27NO2/c1-12(2)8-13(3)19-11-15-9-14(10-17-4)6-7-16(15)18-5/h6-7,9,12-13,17H,8,10-11H2,1-5H3. The monoisotopic (exact) mass is 265 g/mol. The summed E-state index contributed by atoms with van der Waals surface area (Å²) >= 11 is 0. The highest BCUT2D eigenvalue weighted by atomic mass is 16.5. The minimum atomic E-state index is 0.276. The Labute approximate surface area is 117 Å². The van der Waals surface area contributed by atoms with E-state index in [2.05, 4.69) is 38.2 Å². The van der Waals surface area contributed by atoms with E-state index in [1.807, 2.05) is 13.1 Å². The van der Waals surface area contributed by atoms with Crippen molar-refractivity contribution in [1.82, 2.24) is 5.32 Å². The molecule has 0 amide bonds. The van der Waals surface area contributed by atoms with Crippen molar-refractivity contribution in [2.75, 3.05) is 14.2 Å². The number of rotatable bonds is 8. The summed E-state index contributed by atoms with van der Waals surface area (Å²) in [7, 11) is 3.65. The predicted molar refractivity (Wildman–Crippen MR) is 79.5 cm³/mol. The first-order valence-electron chi connectivity index (χ1n) is 6.98. The minimum Gasteiger partial charge on any atom is -0.496 e. The molecule has 3 nitrogen and oxygen atoms in total. The van der Waals surface area contributed by atoms with Crippen molar-refractivity contribution in [2.24, 2.45) is 5.92 Å². The van der Waals surface area contributed by atoms with Crippen LogP contribution in [0, 0.1) is 5.92 Å². The van der Waals surface area contributed by atoms with Gasteiger partial charge in [-0.15, -0.1) is 0 Å². The van der Waals surface area contributed by atoms with E-state index < -0.39 is 0 Å². The number of hydrogen-bond donors (Lipinski definition) is 1. The van der Waals surface area contributed by atoms with E-state index in [1.54, 1.807) is 7.11 Å². The third kappa shape index (κ3) is 5.62. The third-order valence-electron chi connectivity index (χ3n) is 3.05. The van der Waals surface area contributed by atoms with Gasteiger partial charge in [0.1, 0.15) is 5.75 Å². The molecule has 3 heteroatoms. The molecule has 1 aromatic carbocycles. The smallest absolute Gasteiger partial charge is 0.124 e. The summed E-state index contributed by atoms with van der Waals surface area (Å²) in [6, 6.07) is 6.24. The topological polar surface area (TPSA) is 30.5 Å². The van der Waals surface area contributed by atoms with Crippen LogP contribution in [0.4, 0.5) is 0 Å². The zero-order valence-electron chi connectivity index (χ0n) is 12.8. The molecule has 0 aromatic heterocycles. The minimum absolute atomic E-state index is 0.276. The molecule has 1 atom stereocenters. The molecule has 0 radical (unpaired) electrons. The van der Waals surface area contributed by atoms with Gasteiger partial charge in [-0.25, -0.2) is 0 Å². The summed E-state index contributed by atoms with van der Waals surface area (Å²) in [5.41, 5.74) is 2.37. The van der Waals surface area contributed by atoms with Gasteiger partial charge in [0.05, 0.1) is 19.8 Å². The van der Waals surface area contributed by atoms with Gasteiger partial charge in [-0.1, -0.05) is 19.9 Å². The van der Waals surface area contributed by atoms with Gasteiger partial charge in [-0.2, -0.15) is 0 Å². The summed E-state index contributed by atoms with van der Waals surface area (Å²) in [6.45, 7) is 8.03. The Hall–Kier alpha value is -1.06. The van der Waals surface area contributed by atoms with Crippen LogP contribution in [-0.4, -0.2) is 20.3 Å². The fourth-order valence-electron chi connectivity index (χ4n) is 2.22. The van der Waals surface area contributed by atoms with Crippen LogP contribution in [0.25, 0.3) is 0 Å². The van der Waals surface area contributed by atoms with Crippen LogP contribution in [0.1, 0.15) is 38.3 Å². The van der Waals surface area contributed by atoms with Crippen LogP contribution < -0.4 is 10.1 Å². The van der Waals surface area contributed by atoms with Crippen molar-refractivity contribution in [3.05, 3.63) is 29.3 Å². The number of methoxy groups -OCH3 is 1. The molecule has 0 aliphatic rings. The van der Waals surface area contributed by atoms with Crippen molar-refractivity contribution in [3.8, 4) is 5.75 Å². The molecular weight excluding hydrogens is 238 g/mol. The summed E-state index contributed by atoms with van der Waals surface area (Å²) in [6.07, 6.45) is 1.36. The fraction of sp³-hybridized carbons (Fsp3) is 0.625. The SMILES string of the molecule is CNCc1ccc(OC)c(COC(C)CC(C)C)c1. The molecule has 0 spiro atoms. The Kier molecular flexibility index (Phi) is 6.89. The van der Waals surface area contributed by atoms with E-state index in [9.17, 15) is 0 Å². The molecule has 19 heavy (non-hydrogen) atoms. The molecule has 0 aliphatic carbocycles. The first kappa shape index (κ1) is 16.0. The second-order valence-electron chi connectivity index (χ2n) is 5.43. The molecule has 1 N–H and O–H groups in total. The lowest BCUT2D eigenvalue weighted by atomic mass is 10.1. The average molecular weight is 265 g/mol. The predicted octanol–water partition coefficient (Wildman–Crippen LogP) is 3.37. The second kappa shape index (κ2) is 8.18. The van der Waals surface area contributed by atoms with Crippen molar-refractivity contribution in [3.63, 3.8) is 0 Å². The van der Waals surface area contributed by atoms with E-state index >= 15 is 0 Å². The highest BCUT2D eigenvalue weighted by Crippen LogP contribution is 2.22. The van der Waals surface area contributed by atoms with Crippen LogP contribution >= 0.6 is 0 Å². The normalized spacial score (nSPS) is 12.7. The quantitative estimate of drug-likeness (QED) is 0.781. The maximum Gasteiger partial charge on any atom is 0.124 e. The van der Waals surface area contributed by atoms with Gasteiger partial charge < -0.3 is 14.8 Å². The molecule has 1 rings (SSSR count). The molecule has 0 bridgehead atoms. The summed E-state index contributed by atoms with van der Waals surface area (Å²) < 4.78 is 11.3. The van der Waals surface area contributed by atoms with Crippen LogP contribution in [0.3, 0.4) is 0 Å². The molecule has 108 valence electrons. The van der Waals surface area contributed by atoms with E-state index in [1.165, 1.54) is 5.56 Å². The van der Waals surface area contributed by atoms with Gasteiger partial charge in [0.15, 0.2) is 0 Å². The van der Waals surface area contributed by atoms with Gasteiger partial charge in [-0.05, 0) is 44.0 Å². The van der Waals surface area contributed by atoms with Crippen molar-refractivity contribution < 1.29 is 9.47 Å². The van der Waals surface area contributed by atoms with Crippen molar-refractivity contribution >= 4 is 0 Å². The number of nitrogens with one attached hydrogen (secondary N) is 1. The zero-order chi connectivity index (χ0) is 14.3. The third-order valence-corrected chi connectivity index (χ3v) is 3.05. The molecule has 1 aromatic rings. The molecule has 0 saturated carbocycles. The van der Waals surface area contributed by atoms with Crippen LogP contribution in [0.15, 0.2) is 18.2 Å². The van der Waals surface area contributed by atoms with Crippen molar-refractivity contribution in [1.29, 1.82) is 0 Å². The molecule has 1 unspecified atom stereocenters. The zero-order valence-corrected chi connectivity index (χ0v) is 12.8. The largest absolute Gasteiger partial charge is 0.496 e. The van der Waals surface area contributed by atoms with Gasteiger partial charge in [0.2, 0.25) is 0 Å². The summed E-state index contributed by atoms with van der Waals surface area (Å²) in [5, 5.41) is 3.16. The maximum atomic E-state index is 5.91. The number of ether oxygens (including phenoxy) is 2. The first-order chi connectivity index (χ1) is 9.06. The van der Waals surface area contributed by atoms with Crippen molar-refractivity contribution in [2.45, 2.75) is 46.4 Å². The Balaban J connectivity index is 2.66. The highest BCUT2D eigenvalue weighted by molar-refractivity contribution is 5.36. The lowest BCUT2D eigenvalue weighted by Gasteiger charge is -2.17. The molecule has 0 heterocycles. The second-order valence-corrected chi connectivity index (χ2v) is 5.43.